The van der Waals surface area contributed by atoms with Crippen molar-refractivity contribution in [2.45, 2.75) is 55.6 Å². The second-order valence-electron chi connectivity index (χ2n) is 9.18. The van der Waals surface area contributed by atoms with E-state index in [0.29, 0.717) is 12.6 Å². The van der Waals surface area contributed by atoms with Gasteiger partial charge in [0.15, 0.2) is 5.66 Å². The molecule has 5 rings (SSSR count). The fourth-order valence-corrected chi connectivity index (χ4v) is 6.09. The first-order valence-corrected chi connectivity index (χ1v) is 11.1. The second kappa shape index (κ2) is 7.02. The Morgan fingerprint density at radius 2 is 1.83 bits per heavy atom. The van der Waals surface area contributed by atoms with E-state index >= 15 is 0 Å². The third-order valence-corrected chi connectivity index (χ3v) is 7.73. The summed E-state index contributed by atoms with van der Waals surface area (Å²) in [6.45, 7) is 0.659. The number of hydrogen-bond donors (Lipinski definition) is 1. The van der Waals surface area contributed by atoms with E-state index in [1.165, 1.54) is 24.8 Å². The molecule has 1 amide bonds. The highest BCUT2D eigenvalue weighted by molar-refractivity contribution is 5.98. The lowest BCUT2D eigenvalue weighted by atomic mass is 9.70. The van der Waals surface area contributed by atoms with Crippen molar-refractivity contribution in [3.63, 3.8) is 0 Å². The van der Waals surface area contributed by atoms with Crippen molar-refractivity contribution in [3.8, 4) is 5.75 Å². The van der Waals surface area contributed by atoms with Gasteiger partial charge in [-0.2, -0.15) is 0 Å². The molecule has 1 aliphatic carbocycles. The van der Waals surface area contributed by atoms with Crippen LogP contribution in [0.3, 0.4) is 0 Å². The topological polar surface area (TPSA) is 58.8 Å². The van der Waals surface area contributed by atoms with Gasteiger partial charge in [0.1, 0.15) is 5.75 Å². The summed E-state index contributed by atoms with van der Waals surface area (Å²) in [5, 5.41) is 0. The lowest BCUT2D eigenvalue weighted by Gasteiger charge is -2.39. The minimum absolute atomic E-state index is 0.0722. The normalized spacial score (nSPS) is 28.6. The van der Waals surface area contributed by atoms with Gasteiger partial charge in [-0.25, -0.2) is 0 Å². The Morgan fingerprint density at radius 1 is 1.10 bits per heavy atom. The Bertz CT molecular complexity index is 956. The molecule has 0 radical (unpaired) electrons. The number of rotatable bonds is 4. The highest BCUT2D eigenvalue weighted by Gasteiger charge is 2.69. The first-order chi connectivity index (χ1) is 14.5. The molecule has 0 aromatic heterocycles. The zero-order valence-electron chi connectivity index (χ0n) is 17.9. The number of likely N-dealkylation sites (tertiary alicyclic amines) is 1. The molecule has 2 heterocycles. The lowest BCUT2D eigenvalue weighted by Crippen LogP contribution is -2.66. The van der Waals surface area contributed by atoms with Crippen molar-refractivity contribution in [1.29, 1.82) is 0 Å². The minimum Gasteiger partial charge on any atom is -0.497 e. The molecule has 0 spiro atoms. The average Bonchev–Trinajstić information content (AvgIpc) is 3.12. The van der Waals surface area contributed by atoms with Crippen molar-refractivity contribution >= 4 is 11.6 Å². The molecule has 2 aromatic rings. The summed E-state index contributed by atoms with van der Waals surface area (Å²) in [4.78, 5) is 18.1. The van der Waals surface area contributed by atoms with Gasteiger partial charge in [0.25, 0.3) is 5.91 Å². The quantitative estimate of drug-likeness (QED) is 0.846. The van der Waals surface area contributed by atoms with Gasteiger partial charge in [-0.3, -0.25) is 10.5 Å². The van der Waals surface area contributed by atoms with Crippen LogP contribution in [0.2, 0.25) is 0 Å². The van der Waals surface area contributed by atoms with Crippen molar-refractivity contribution in [3.05, 3.63) is 59.7 Å². The number of likely N-dealkylation sites (N-methyl/N-ethyl adjacent to an activating group) is 1. The number of fused-ring (bicyclic) bond motifs is 3. The summed E-state index contributed by atoms with van der Waals surface area (Å²) in [7, 11) is 3.66. The standard InChI is InChI=1S/C25H31N3O2/c1-27-22-14-13-20(30-2)15-21(22)24(16-18-9-5-3-6-10-18)17-28(23(29)25(24,27)26)19-11-7-4-8-12-19/h3,5-6,9-10,13-15,19H,4,7-8,11-12,16-17,26H2,1-2H3/t24-,25+/m0/s1. The molecule has 2 aliphatic heterocycles. The average molecular weight is 406 g/mol. The van der Waals surface area contributed by atoms with E-state index in [4.69, 9.17) is 10.5 Å². The van der Waals surface area contributed by atoms with Crippen LogP contribution in [0.4, 0.5) is 5.69 Å². The molecule has 1 saturated heterocycles. The number of carbonyl (C=O) groups excluding carboxylic acids is 1. The van der Waals surface area contributed by atoms with E-state index in [2.05, 4.69) is 35.2 Å². The van der Waals surface area contributed by atoms with Gasteiger partial charge in [0.2, 0.25) is 0 Å². The van der Waals surface area contributed by atoms with Crippen LogP contribution in [-0.4, -0.2) is 43.2 Å². The number of hydrogen-bond acceptors (Lipinski definition) is 4. The molecule has 3 aliphatic rings. The Kier molecular flexibility index (Phi) is 4.55. The largest absolute Gasteiger partial charge is 0.497 e. The van der Waals surface area contributed by atoms with Gasteiger partial charge in [0.05, 0.1) is 12.5 Å². The van der Waals surface area contributed by atoms with Gasteiger partial charge in [0, 0.05) is 25.3 Å². The summed E-state index contributed by atoms with van der Waals surface area (Å²) in [5.74, 6) is 0.880. The molecular weight excluding hydrogens is 374 g/mol. The number of benzene rings is 2. The molecule has 2 aromatic carbocycles. The summed E-state index contributed by atoms with van der Waals surface area (Å²) in [5.41, 5.74) is 8.93. The van der Waals surface area contributed by atoms with E-state index in [-0.39, 0.29) is 5.91 Å². The molecule has 1 saturated carbocycles. The van der Waals surface area contributed by atoms with Gasteiger partial charge < -0.3 is 14.5 Å². The van der Waals surface area contributed by atoms with Gasteiger partial charge in [-0.15, -0.1) is 0 Å². The van der Waals surface area contributed by atoms with Crippen LogP contribution in [0, 0.1) is 0 Å². The molecule has 30 heavy (non-hydrogen) atoms. The Labute approximate surface area is 178 Å². The first kappa shape index (κ1) is 19.4. The number of carbonyl (C=O) groups is 1. The molecule has 2 atom stereocenters. The molecule has 0 unspecified atom stereocenters. The molecule has 5 heteroatoms. The second-order valence-corrected chi connectivity index (χ2v) is 9.18. The van der Waals surface area contributed by atoms with Crippen molar-refractivity contribution in [2.24, 2.45) is 5.73 Å². The maximum absolute atomic E-state index is 14.0. The molecule has 2 N–H and O–H groups in total. The van der Waals surface area contributed by atoms with Crippen LogP contribution in [0.1, 0.15) is 43.2 Å². The zero-order valence-corrected chi connectivity index (χ0v) is 17.9. The predicted molar refractivity (Wildman–Crippen MR) is 119 cm³/mol. The van der Waals surface area contributed by atoms with Crippen molar-refractivity contribution < 1.29 is 9.53 Å². The fraction of sp³-hybridized carbons (Fsp3) is 0.480. The van der Waals surface area contributed by atoms with E-state index in [1.54, 1.807) is 7.11 Å². The van der Waals surface area contributed by atoms with Crippen molar-refractivity contribution in [1.82, 2.24) is 4.90 Å². The number of methoxy groups -OCH3 is 1. The van der Waals surface area contributed by atoms with Crippen LogP contribution in [0.25, 0.3) is 0 Å². The van der Waals surface area contributed by atoms with E-state index in [1.807, 2.05) is 30.1 Å². The SMILES string of the molecule is COc1ccc2c(c1)[C@]1(Cc3ccccc3)CN(C3CCCCC3)C(=O)[C@@]1(N)N2C. The summed E-state index contributed by atoms with van der Waals surface area (Å²) in [6.07, 6.45) is 6.54. The molecule has 5 nitrogen and oxygen atoms in total. The van der Waals surface area contributed by atoms with Gasteiger partial charge >= 0.3 is 0 Å². The number of anilines is 1. The molecule has 0 bridgehead atoms. The zero-order chi connectivity index (χ0) is 20.9. The summed E-state index contributed by atoms with van der Waals surface area (Å²) < 4.78 is 5.56. The van der Waals surface area contributed by atoms with Crippen LogP contribution < -0.4 is 15.4 Å². The van der Waals surface area contributed by atoms with E-state index in [9.17, 15) is 4.79 Å². The maximum Gasteiger partial charge on any atom is 0.264 e. The smallest absolute Gasteiger partial charge is 0.264 e. The third kappa shape index (κ3) is 2.54. The highest BCUT2D eigenvalue weighted by atomic mass is 16.5. The summed E-state index contributed by atoms with van der Waals surface area (Å²) in [6, 6.07) is 16.8. The van der Waals surface area contributed by atoms with E-state index in [0.717, 1.165) is 36.3 Å². The number of nitrogens with two attached hydrogens (primary N) is 1. The van der Waals surface area contributed by atoms with Crippen LogP contribution in [-0.2, 0) is 16.6 Å². The monoisotopic (exact) mass is 405 g/mol. The predicted octanol–water partition coefficient (Wildman–Crippen LogP) is 3.46. The maximum atomic E-state index is 14.0. The lowest BCUT2D eigenvalue weighted by molar-refractivity contribution is -0.134. The summed E-state index contributed by atoms with van der Waals surface area (Å²) >= 11 is 0. The molecule has 2 fully saturated rings. The minimum atomic E-state index is -1.09. The van der Waals surface area contributed by atoms with Crippen LogP contribution >= 0.6 is 0 Å². The Morgan fingerprint density at radius 3 is 2.53 bits per heavy atom. The van der Waals surface area contributed by atoms with Gasteiger partial charge in [-0.1, -0.05) is 49.6 Å². The van der Waals surface area contributed by atoms with Crippen LogP contribution in [0.5, 0.6) is 5.75 Å². The van der Waals surface area contributed by atoms with E-state index < -0.39 is 11.1 Å². The number of amides is 1. The Hall–Kier alpha value is -2.53. The molecular formula is C25H31N3O2. The Balaban J connectivity index is 1.67. The van der Waals surface area contributed by atoms with Gasteiger partial charge in [-0.05, 0) is 48.6 Å². The number of ether oxygens (including phenoxy) is 1. The number of nitrogens with zero attached hydrogens (tertiary/aromatic N) is 2. The van der Waals surface area contributed by atoms with Crippen LogP contribution in [0.15, 0.2) is 48.5 Å². The van der Waals surface area contributed by atoms with Crippen molar-refractivity contribution in [2.75, 3.05) is 25.6 Å². The molecule has 158 valence electrons. The third-order valence-electron chi connectivity index (χ3n) is 7.73. The highest BCUT2D eigenvalue weighted by Crippen LogP contribution is 2.56. The fourth-order valence-electron chi connectivity index (χ4n) is 6.09. The first-order valence-electron chi connectivity index (χ1n) is 11.1.